The van der Waals surface area contributed by atoms with E-state index in [9.17, 15) is 14.4 Å². The minimum Gasteiger partial charge on any atom is -0.490 e. The highest BCUT2D eigenvalue weighted by Gasteiger charge is 2.27. The highest BCUT2D eigenvalue weighted by atomic mass is 16.5. The summed E-state index contributed by atoms with van der Waals surface area (Å²) in [6.07, 6.45) is 3.55. The van der Waals surface area contributed by atoms with Crippen LogP contribution in [-0.2, 0) is 17.8 Å². The molecule has 0 atom stereocenters. The van der Waals surface area contributed by atoms with E-state index < -0.39 is 5.97 Å². The number of nitrogens with zero attached hydrogens (tertiary/aromatic N) is 1. The Labute approximate surface area is 199 Å². The van der Waals surface area contributed by atoms with Crippen molar-refractivity contribution in [2.45, 2.75) is 44.8 Å². The summed E-state index contributed by atoms with van der Waals surface area (Å²) in [6.45, 7) is 1.97. The normalized spacial score (nSPS) is 19.6. The monoisotopic (exact) mass is 465 g/mol. The first-order chi connectivity index (χ1) is 16.5. The summed E-state index contributed by atoms with van der Waals surface area (Å²) in [6, 6.07) is 15.0. The summed E-state index contributed by atoms with van der Waals surface area (Å²) in [7, 11) is 0. The molecule has 2 aliphatic rings. The molecule has 1 saturated carbocycles. The third kappa shape index (κ3) is 6.07. The van der Waals surface area contributed by atoms with Crippen LogP contribution in [0.5, 0.6) is 5.75 Å². The fourth-order valence-electron chi connectivity index (χ4n) is 4.53. The molecule has 1 fully saturated rings. The summed E-state index contributed by atoms with van der Waals surface area (Å²) in [4.78, 5) is 37.7. The maximum atomic E-state index is 12.4. The van der Waals surface area contributed by atoms with Crippen LogP contribution in [0.3, 0.4) is 0 Å². The lowest BCUT2D eigenvalue weighted by molar-refractivity contribution is -0.143. The predicted molar refractivity (Wildman–Crippen MR) is 127 cm³/mol. The fraction of sp³-hybridized carbons (Fsp3) is 0.423. The van der Waals surface area contributed by atoms with Gasteiger partial charge in [0, 0.05) is 31.7 Å². The number of benzene rings is 2. The summed E-state index contributed by atoms with van der Waals surface area (Å²) >= 11 is 0. The van der Waals surface area contributed by atoms with Crippen LogP contribution in [0.4, 0.5) is 4.79 Å². The summed E-state index contributed by atoms with van der Waals surface area (Å²) in [5.74, 6) is -0.543. The highest BCUT2D eigenvalue weighted by molar-refractivity contribution is 5.94. The largest absolute Gasteiger partial charge is 0.490 e. The van der Waals surface area contributed by atoms with Gasteiger partial charge >= 0.3 is 12.0 Å². The number of hydrogen-bond acceptors (Lipinski definition) is 4. The Morgan fingerprint density at radius 2 is 1.59 bits per heavy atom. The van der Waals surface area contributed by atoms with Crippen molar-refractivity contribution in [1.82, 2.24) is 15.5 Å². The number of urea groups is 1. The minimum atomic E-state index is -0.731. The van der Waals surface area contributed by atoms with Crippen molar-refractivity contribution in [2.24, 2.45) is 5.92 Å². The number of aliphatic carboxylic acids is 1. The van der Waals surface area contributed by atoms with E-state index in [1.807, 2.05) is 12.1 Å². The molecule has 3 N–H and O–H groups in total. The second-order valence-corrected chi connectivity index (χ2v) is 8.88. The van der Waals surface area contributed by atoms with Gasteiger partial charge in [0.1, 0.15) is 5.75 Å². The predicted octanol–water partition coefficient (Wildman–Crippen LogP) is 3.21. The molecule has 0 aromatic heterocycles. The molecule has 0 bridgehead atoms. The lowest BCUT2D eigenvalue weighted by Gasteiger charge is -2.29. The van der Waals surface area contributed by atoms with Crippen LogP contribution >= 0.6 is 0 Å². The molecule has 2 aromatic carbocycles. The molecule has 34 heavy (non-hydrogen) atoms. The van der Waals surface area contributed by atoms with Crippen molar-refractivity contribution >= 4 is 17.9 Å². The Kier molecular flexibility index (Phi) is 7.67. The standard InChI is InChI=1S/C26H31N3O5/c30-24(19-5-9-22(10-6-19)34-23-11-7-20(8-12-23)25(31)32)27-14-15-28-26(33)29-16-13-18-3-1-2-4-21(18)17-29/h1-6,9-10,20,23H,7-8,11-17H2,(H,27,30)(H,28,33)(H,31,32). The number of carboxylic acids is 1. The van der Waals surface area contributed by atoms with Crippen molar-refractivity contribution in [1.29, 1.82) is 0 Å². The molecular formula is C26H31N3O5. The molecular weight excluding hydrogens is 434 g/mol. The van der Waals surface area contributed by atoms with Gasteiger partial charge in [-0.05, 0) is 67.5 Å². The Morgan fingerprint density at radius 1 is 0.912 bits per heavy atom. The zero-order chi connectivity index (χ0) is 23.9. The van der Waals surface area contributed by atoms with Crippen LogP contribution in [0.25, 0.3) is 0 Å². The number of rotatable bonds is 7. The second kappa shape index (κ2) is 11.0. The van der Waals surface area contributed by atoms with Crippen molar-refractivity contribution in [3.05, 3.63) is 65.2 Å². The first-order valence-electron chi connectivity index (χ1n) is 11.9. The number of carbonyl (C=O) groups is 3. The number of hydrogen-bond donors (Lipinski definition) is 3. The topological polar surface area (TPSA) is 108 Å². The third-order valence-electron chi connectivity index (χ3n) is 6.55. The molecule has 3 amide bonds. The average molecular weight is 466 g/mol. The molecule has 0 spiro atoms. The molecule has 8 nitrogen and oxygen atoms in total. The summed E-state index contributed by atoms with van der Waals surface area (Å²) in [5, 5.41) is 14.8. The molecule has 180 valence electrons. The van der Waals surface area contributed by atoms with Gasteiger partial charge in [0.15, 0.2) is 0 Å². The third-order valence-corrected chi connectivity index (χ3v) is 6.55. The van der Waals surface area contributed by atoms with Crippen molar-refractivity contribution in [3.63, 3.8) is 0 Å². The van der Waals surface area contributed by atoms with Gasteiger partial charge in [0.25, 0.3) is 5.91 Å². The fourth-order valence-corrected chi connectivity index (χ4v) is 4.53. The molecule has 1 aliphatic heterocycles. The average Bonchev–Trinajstić information content (AvgIpc) is 2.87. The Balaban J connectivity index is 1.15. The molecule has 1 aliphatic carbocycles. The Hall–Kier alpha value is -3.55. The van der Waals surface area contributed by atoms with E-state index in [0.717, 1.165) is 19.3 Å². The van der Waals surface area contributed by atoms with Gasteiger partial charge in [-0.3, -0.25) is 9.59 Å². The van der Waals surface area contributed by atoms with Crippen LogP contribution in [-0.4, -0.2) is 53.7 Å². The Bertz CT molecular complexity index is 1020. The summed E-state index contributed by atoms with van der Waals surface area (Å²) in [5.41, 5.74) is 2.99. The van der Waals surface area contributed by atoms with E-state index in [-0.39, 0.29) is 24.0 Å². The maximum absolute atomic E-state index is 12.4. The van der Waals surface area contributed by atoms with Gasteiger partial charge in [0.2, 0.25) is 0 Å². The van der Waals surface area contributed by atoms with Crippen LogP contribution in [0.1, 0.15) is 47.2 Å². The van der Waals surface area contributed by atoms with E-state index in [1.165, 1.54) is 11.1 Å². The van der Waals surface area contributed by atoms with Crippen LogP contribution in [0.15, 0.2) is 48.5 Å². The maximum Gasteiger partial charge on any atom is 0.317 e. The van der Waals surface area contributed by atoms with E-state index >= 15 is 0 Å². The van der Waals surface area contributed by atoms with Crippen LogP contribution < -0.4 is 15.4 Å². The van der Waals surface area contributed by atoms with E-state index in [2.05, 4.69) is 22.8 Å². The minimum absolute atomic E-state index is 0.00673. The van der Waals surface area contributed by atoms with Gasteiger partial charge in [0.05, 0.1) is 12.0 Å². The SMILES string of the molecule is O=C(NCCNC(=O)N1CCc2ccccc2C1)c1ccc(OC2CCC(C(=O)O)CC2)cc1. The smallest absolute Gasteiger partial charge is 0.317 e. The zero-order valence-corrected chi connectivity index (χ0v) is 19.2. The number of ether oxygens (including phenoxy) is 1. The second-order valence-electron chi connectivity index (χ2n) is 8.88. The summed E-state index contributed by atoms with van der Waals surface area (Å²) < 4.78 is 5.95. The van der Waals surface area contributed by atoms with Crippen molar-refractivity contribution in [2.75, 3.05) is 19.6 Å². The molecule has 1 heterocycles. The zero-order valence-electron chi connectivity index (χ0n) is 19.2. The van der Waals surface area contributed by atoms with E-state index in [0.29, 0.717) is 50.3 Å². The van der Waals surface area contributed by atoms with Gasteiger partial charge in [-0.2, -0.15) is 0 Å². The van der Waals surface area contributed by atoms with Crippen LogP contribution in [0, 0.1) is 5.92 Å². The Morgan fingerprint density at radius 3 is 2.29 bits per heavy atom. The number of carbonyl (C=O) groups excluding carboxylic acids is 2. The molecule has 2 aromatic rings. The first-order valence-corrected chi connectivity index (χ1v) is 11.9. The molecule has 0 radical (unpaired) electrons. The first kappa shape index (κ1) is 23.6. The lowest BCUT2D eigenvalue weighted by Crippen LogP contribution is -2.45. The van der Waals surface area contributed by atoms with E-state index in [1.54, 1.807) is 29.2 Å². The van der Waals surface area contributed by atoms with Gasteiger partial charge in [-0.25, -0.2) is 4.79 Å². The number of nitrogens with one attached hydrogen (secondary N) is 2. The molecule has 8 heteroatoms. The lowest BCUT2D eigenvalue weighted by atomic mass is 9.87. The number of fused-ring (bicyclic) bond motifs is 1. The van der Waals surface area contributed by atoms with E-state index in [4.69, 9.17) is 9.84 Å². The van der Waals surface area contributed by atoms with Crippen molar-refractivity contribution in [3.8, 4) is 5.75 Å². The quantitative estimate of drug-likeness (QED) is 0.544. The van der Waals surface area contributed by atoms with Gasteiger partial charge in [-0.15, -0.1) is 0 Å². The van der Waals surface area contributed by atoms with Crippen molar-refractivity contribution < 1.29 is 24.2 Å². The number of amides is 3. The highest BCUT2D eigenvalue weighted by Crippen LogP contribution is 2.28. The molecule has 0 unspecified atom stereocenters. The molecule has 0 saturated heterocycles. The van der Waals surface area contributed by atoms with Crippen LogP contribution in [0.2, 0.25) is 0 Å². The number of carboxylic acid groups (broad SMARTS) is 1. The van der Waals surface area contributed by atoms with Gasteiger partial charge < -0.3 is 25.4 Å². The molecule has 4 rings (SSSR count). The van der Waals surface area contributed by atoms with Gasteiger partial charge in [-0.1, -0.05) is 24.3 Å².